The molecule has 0 saturated heterocycles. The molecular formula is C15H12N2OS2. The second-order valence-corrected chi connectivity index (χ2v) is 5.95. The van der Waals surface area contributed by atoms with Gasteiger partial charge >= 0.3 is 0 Å². The Balaban J connectivity index is 1.84. The lowest BCUT2D eigenvalue weighted by molar-refractivity contribution is -0.114. The molecule has 3 aromatic rings. The monoisotopic (exact) mass is 300 g/mol. The lowest BCUT2D eigenvalue weighted by Crippen LogP contribution is -2.05. The van der Waals surface area contributed by atoms with Crippen LogP contribution in [0.3, 0.4) is 0 Å². The van der Waals surface area contributed by atoms with Gasteiger partial charge in [0.2, 0.25) is 5.91 Å². The van der Waals surface area contributed by atoms with Crippen LogP contribution >= 0.6 is 22.7 Å². The van der Waals surface area contributed by atoms with E-state index in [2.05, 4.69) is 32.5 Å². The summed E-state index contributed by atoms with van der Waals surface area (Å²) in [6, 6.07) is 9.79. The number of hydrogen-bond acceptors (Lipinski definition) is 4. The van der Waals surface area contributed by atoms with Crippen LogP contribution in [0.5, 0.6) is 0 Å². The van der Waals surface area contributed by atoms with Gasteiger partial charge in [-0.3, -0.25) is 4.79 Å². The fraction of sp³-hybridized carbons (Fsp3) is 0.0667. The molecule has 0 aliphatic heterocycles. The Morgan fingerprint density at radius 2 is 1.90 bits per heavy atom. The molecule has 0 fully saturated rings. The van der Waals surface area contributed by atoms with Crippen LogP contribution in [0.2, 0.25) is 0 Å². The first-order chi connectivity index (χ1) is 9.72. The zero-order valence-corrected chi connectivity index (χ0v) is 12.4. The summed E-state index contributed by atoms with van der Waals surface area (Å²) < 4.78 is 0. The molecule has 0 radical (unpaired) electrons. The van der Waals surface area contributed by atoms with Crippen molar-refractivity contribution in [3.8, 4) is 21.8 Å². The summed E-state index contributed by atoms with van der Waals surface area (Å²) >= 11 is 3.32. The number of anilines is 1. The Morgan fingerprint density at radius 3 is 2.55 bits per heavy atom. The number of aromatic nitrogens is 1. The normalized spacial score (nSPS) is 10.4. The molecule has 20 heavy (non-hydrogen) atoms. The van der Waals surface area contributed by atoms with Crippen molar-refractivity contribution < 1.29 is 4.79 Å². The maximum atomic E-state index is 11.0. The number of rotatable bonds is 3. The fourth-order valence-corrected chi connectivity index (χ4v) is 3.39. The van der Waals surface area contributed by atoms with E-state index in [-0.39, 0.29) is 5.91 Å². The number of thiazole rings is 1. The first-order valence-corrected chi connectivity index (χ1v) is 7.91. The van der Waals surface area contributed by atoms with Crippen LogP contribution in [0.4, 0.5) is 5.69 Å². The van der Waals surface area contributed by atoms with Gasteiger partial charge in [-0.25, -0.2) is 4.98 Å². The third kappa shape index (κ3) is 2.79. The summed E-state index contributed by atoms with van der Waals surface area (Å²) in [6.45, 7) is 1.50. The molecule has 0 unspecified atom stereocenters. The number of nitrogens with zero attached hydrogens (tertiary/aromatic N) is 1. The molecule has 3 nitrogen and oxygen atoms in total. The topological polar surface area (TPSA) is 42.0 Å². The lowest BCUT2D eigenvalue weighted by Gasteiger charge is -2.02. The minimum atomic E-state index is -0.0637. The molecule has 3 rings (SSSR count). The van der Waals surface area contributed by atoms with E-state index in [1.807, 2.05) is 24.3 Å². The van der Waals surface area contributed by atoms with Crippen molar-refractivity contribution in [2.75, 3.05) is 5.32 Å². The molecule has 0 aliphatic rings. The van der Waals surface area contributed by atoms with E-state index in [1.165, 1.54) is 12.5 Å². The maximum Gasteiger partial charge on any atom is 0.221 e. The van der Waals surface area contributed by atoms with Crippen LogP contribution in [-0.4, -0.2) is 10.9 Å². The van der Waals surface area contributed by atoms with E-state index in [9.17, 15) is 4.79 Å². The van der Waals surface area contributed by atoms with Gasteiger partial charge in [0.1, 0.15) is 5.01 Å². The smallest absolute Gasteiger partial charge is 0.221 e. The van der Waals surface area contributed by atoms with Gasteiger partial charge in [-0.2, -0.15) is 11.3 Å². The highest BCUT2D eigenvalue weighted by Crippen LogP contribution is 2.30. The Hall–Kier alpha value is -1.98. The zero-order chi connectivity index (χ0) is 13.9. The number of carbonyl (C=O) groups is 1. The second-order valence-electron chi connectivity index (χ2n) is 4.31. The molecular weight excluding hydrogens is 288 g/mol. The molecule has 0 aliphatic carbocycles. The van der Waals surface area contributed by atoms with Crippen molar-refractivity contribution in [1.29, 1.82) is 0 Å². The number of hydrogen-bond donors (Lipinski definition) is 1. The average Bonchev–Trinajstić information content (AvgIpc) is 3.10. The van der Waals surface area contributed by atoms with Crippen molar-refractivity contribution in [3.63, 3.8) is 0 Å². The summed E-state index contributed by atoms with van der Waals surface area (Å²) in [5, 5.41) is 10.00. The molecule has 2 heterocycles. The Labute approximate surface area is 124 Å². The van der Waals surface area contributed by atoms with E-state index in [0.29, 0.717) is 0 Å². The highest BCUT2D eigenvalue weighted by atomic mass is 32.1. The minimum absolute atomic E-state index is 0.0637. The molecule has 1 N–H and O–H groups in total. The quantitative estimate of drug-likeness (QED) is 0.774. The van der Waals surface area contributed by atoms with Gasteiger partial charge < -0.3 is 5.32 Å². The predicted octanol–water partition coefficient (Wildman–Crippen LogP) is 4.50. The van der Waals surface area contributed by atoms with Gasteiger partial charge in [0.15, 0.2) is 0 Å². The van der Waals surface area contributed by atoms with Gasteiger partial charge in [-0.1, -0.05) is 12.1 Å². The number of nitrogens with one attached hydrogen (secondary N) is 1. The second kappa shape index (κ2) is 5.56. The van der Waals surface area contributed by atoms with E-state index in [1.54, 1.807) is 22.7 Å². The Kier molecular flexibility index (Phi) is 3.62. The van der Waals surface area contributed by atoms with Crippen molar-refractivity contribution >= 4 is 34.3 Å². The standard InChI is InChI=1S/C15H12N2OS2/c1-10(18)16-13-4-2-11(3-5-13)14-9-20-15(17-14)12-6-7-19-8-12/h2-9H,1H3,(H,16,18). The average molecular weight is 300 g/mol. The van der Waals surface area contributed by atoms with Gasteiger partial charge in [-0.15, -0.1) is 11.3 Å². The maximum absolute atomic E-state index is 11.0. The highest BCUT2D eigenvalue weighted by molar-refractivity contribution is 7.14. The molecule has 1 amide bonds. The van der Waals surface area contributed by atoms with Crippen LogP contribution in [0.1, 0.15) is 6.92 Å². The van der Waals surface area contributed by atoms with Crippen LogP contribution < -0.4 is 5.32 Å². The van der Waals surface area contributed by atoms with Gasteiger partial charge in [0, 0.05) is 34.5 Å². The Bertz CT molecular complexity index is 715. The third-order valence-electron chi connectivity index (χ3n) is 2.77. The number of thiophene rings is 1. The van der Waals surface area contributed by atoms with E-state index < -0.39 is 0 Å². The molecule has 0 spiro atoms. The summed E-state index contributed by atoms with van der Waals surface area (Å²) in [5.41, 5.74) is 3.98. The van der Waals surface area contributed by atoms with Crippen LogP contribution in [0, 0.1) is 0 Å². The van der Waals surface area contributed by atoms with Gasteiger partial charge in [0.05, 0.1) is 5.69 Å². The first-order valence-electron chi connectivity index (χ1n) is 6.08. The highest BCUT2D eigenvalue weighted by Gasteiger charge is 2.07. The first kappa shape index (κ1) is 13.0. The van der Waals surface area contributed by atoms with Gasteiger partial charge in [-0.05, 0) is 23.6 Å². The van der Waals surface area contributed by atoms with Crippen LogP contribution in [0.15, 0.2) is 46.5 Å². The molecule has 0 atom stereocenters. The predicted molar refractivity (Wildman–Crippen MR) is 85.2 cm³/mol. The molecule has 1 aromatic carbocycles. The number of amides is 1. The fourth-order valence-electron chi connectivity index (χ4n) is 1.85. The van der Waals surface area contributed by atoms with Crippen molar-refractivity contribution in [2.45, 2.75) is 6.92 Å². The number of benzene rings is 1. The zero-order valence-electron chi connectivity index (χ0n) is 10.8. The van der Waals surface area contributed by atoms with Crippen molar-refractivity contribution in [1.82, 2.24) is 4.98 Å². The SMILES string of the molecule is CC(=O)Nc1ccc(-c2csc(-c3ccsc3)n2)cc1. The molecule has 5 heteroatoms. The minimum Gasteiger partial charge on any atom is -0.326 e. The van der Waals surface area contributed by atoms with Crippen LogP contribution in [-0.2, 0) is 4.79 Å². The summed E-state index contributed by atoms with van der Waals surface area (Å²) in [7, 11) is 0. The van der Waals surface area contributed by atoms with Crippen molar-refractivity contribution in [3.05, 3.63) is 46.5 Å². The lowest BCUT2D eigenvalue weighted by atomic mass is 10.1. The molecule has 0 bridgehead atoms. The molecule has 2 aromatic heterocycles. The summed E-state index contributed by atoms with van der Waals surface area (Å²) in [6.07, 6.45) is 0. The molecule has 0 saturated carbocycles. The molecule has 100 valence electrons. The number of carbonyl (C=O) groups excluding carboxylic acids is 1. The summed E-state index contributed by atoms with van der Waals surface area (Å²) in [4.78, 5) is 15.6. The third-order valence-corrected chi connectivity index (χ3v) is 4.35. The Morgan fingerprint density at radius 1 is 1.10 bits per heavy atom. The van der Waals surface area contributed by atoms with Crippen LogP contribution in [0.25, 0.3) is 21.8 Å². The van der Waals surface area contributed by atoms with E-state index >= 15 is 0 Å². The van der Waals surface area contributed by atoms with Gasteiger partial charge in [0.25, 0.3) is 0 Å². The van der Waals surface area contributed by atoms with E-state index in [4.69, 9.17) is 0 Å². The summed E-state index contributed by atoms with van der Waals surface area (Å²) in [5.74, 6) is -0.0637. The largest absolute Gasteiger partial charge is 0.326 e. The van der Waals surface area contributed by atoms with E-state index in [0.717, 1.165) is 22.0 Å². The van der Waals surface area contributed by atoms with Crippen molar-refractivity contribution in [2.24, 2.45) is 0 Å².